The van der Waals surface area contributed by atoms with Crippen molar-refractivity contribution in [1.82, 2.24) is 10.3 Å². The highest BCUT2D eigenvalue weighted by atomic mass is 19.1. The summed E-state index contributed by atoms with van der Waals surface area (Å²) in [4.78, 5) is 4.12. The molecule has 1 heterocycles. The molecule has 0 saturated heterocycles. The lowest BCUT2D eigenvalue weighted by Crippen LogP contribution is -2.28. The summed E-state index contributed by atoms with van der Waals surface area (Å²) in [5, 5.41) is 3.41. The van der Waals surface area contributed by atoms with E-state index in [4.69, 9.17) is 0 Å². The van der Waals surface area contributed by atoms with Crippen molar-refractivity contribution in [3.05, 3.63) is 65.2 Å². The number of aromatic nitrogens is 1. The Labute approximate surface area is 113 Å². The van der Waals surface area contributed by atoms with E-state index in [2.05, 4.69) is 24.1 Å². The largest absolute Gasteiger partial charge is 0.310 e. The SMILES string of the molecule is Cc1ccncc1CNC(C)Cc1ccccc1F. The maximum absolute atomic E-state index is 13.5. The molecule has 2 nitrogen and oxygen atoms in total. The van der Waals surface area contributed by atoms with Crippen molar-refractivity contribution in [2.45, 2.75) is 32.9 Å². The molecule has 100 valence electrons. The lowest BCUT2D eigenvalue weighted by molar-refractivity contribution is 0.525. The molecular formula is C16H19FN2. The second-order valence-electron chi connectivity index (χ2n) is 4.88. The van der Waals surface area contributed by atoms with Crippen molar-refractivity contribution >= 4 is 0 Å². The number of nitrogens with zero attached hydrogens (tertiary/aromatic N) is 1. The van der Waals surface area contributed by atoms with Crippen molar-refractivity contribution in [1.29, 1.82) is 0 Å². The number of hydrogen-bond acceptors (Lipinski definition) is 2. The normalized spacial score (nSPS) is 12.4. The van der Waals surface area contributed by atoms with E-state index in [1.165, 1.54) is 17.2 Å². The number of aryl methyl sites for hydroxylation is 1. The number of nitrogens with one attached hydrogen (secondary N) is 1. The van der Waals surface area contributed by atoms with E-state index in [9.17, 15) is 4.39 Å². The molecule has 1 unspecified atom stereocenters. The Morgan fingerprint density at radius 1 is 1.21 bits per heavy atom. The van der Waals surface area contributed by atoms with Crippen LogP contribution in [0.2, 0.25) is 0 Å². The van der Waals surface area contributed by atoms with Crippen LogP contribution in [0.4, 0.5) is 4.39 Å². The maximum atomic E-state index is 13.5. The van der Waals surface area contributed by atoms with Crippen molar-refractivity contribution < 1.29 is 4.39 Å². The van der Waals surface area contributed by atoms with Crippen LogP contribution >= 0.6 is 0 Å². The molecule has 2 aromatic rings. The van der Waals surface area contributed by atoms with Gasteiger partial charge in [-0.2, -0.15) is 0 Å². The Morgan fingerprint density at radius 2 is 2.00 bits per heavy atom. The molecule has 2 rings (SSSR count). The van der Waals surface area contributed by atoms with Crippen molar-refractivity contribution in [3.8, 4) is 0 Å². The molecule has 0 aliphatic rings. The fourth-order valence-electron chi connectivity index (χ4n) is 2.03. The molecule has 0 bridgehead atoms. The predicted octanol–water partition coefficient (Wildman–Crippen LogP) is 3.25. The Bertz CT molecular complexity index is 540. The zero-order valence-corrected chi connectivity index (χ0v) is 11.4. The smallest absolute Gasteiger partial charge is 0.126 e. The number of pyridine rings is 1. The van der Waals surface area contributed by atoms with Crippen LogP contribution in [0.1, 0.15) is 23.6 Å². The van der Waals surface area contributed by atoms with Crippen molar-refractivity contribution in [2.24, 2.45) is 0 Å². The predicted molar refractivity (Wildman–Crippen MR) is 75.4 cm³/mol. The van der Waals surface area contributed by atoms with E-state index in [1.54, 1.807) is 12.3 Å². The van der Waals surface area contributed by atoms with Gasteiger partial charge in [-0.3, -0.25) is 4.98 Å². The number of hydrogen-bond donors (Lipinski definition) is 1. The first-order valence-corrected chi connectivity index (χ1v) is 6.53. The fraction of sp³-hybridized carbons (Fsp3) is 0.312. The quantitative estimate of drug-likeness (QED) is 0.890. The van der Waals surface area contributed by atoms with E-state index < -0.39 is 0 Å². The minimum atomic E-state index is -0.131. The van der Waals surface area contributed by atoms with Gasteiger partial charge in [0.2, 0.25) is 0 Å². The van der Waals surface area contributed by atoms with E-state index >= 15 is 0 Å². The molecular weight excluding hydrogens is 239 g/mol. The summed E-state index contributed by atoms with van der Waals surface area (Å²) in [5.74, 6) is -0.131. The van der Waals surface area contributed by atoms with Gasteiger partial charge in [0, 0.05) is 25.0 Å². The molecule has 3 heteroatoms. The standard InChI is InChI=1S/C16H19FN2/c1-12-7-8-18-10-15(12)11-19-13(2)9-14-5-3-4-6-16(14)17/h3-8,10,13,19H,9,11H2,1-2H3. The van der Waals surface area contributed by atoms with Crippen LogP contribution in [-0.2, 0) is 13.0 Å². The van der Waals surface area contributed by atoms with E-state index in [0.717, 1.165) is 12.1 Å². The first-order chi connectivity index (χ1) is 9.16. The highest BCUT2D eigenvalue weighted by molar-refractivity contribution is 5.21. The second kappa shape index (κ2) is 6.43. The topological polar surface area (TPSA) is 24.9 Å². The van der Waals surface area contributed by atoms with Gasteiger partial charge in [0.25, 0.3) is 0 Å². The van der Waals surface area contributed by atoms with Gasteiger partial charge in [-0.1, -0.05) is 18.2 Å². The summed E-state index contributed by atoms with van der Waals surface area (Å²) in [6.07, 6.45) is 4.35. The lowest BCUT2D eigenvalue weighted by Gasteiger charge is -2.15. The zero-order chi connectivity index (χ0) is 13.7. The summed E-state index contributed by atoms with van der Waals surface area (Å²) in [7, 11) is 0. The Hall–Kier alpha value is -1.74. The number of rotatable bonds is 5. The van der Waals surface area contributed by atoms with Gasteiger partial charge < -0.3 is 5.32 Å². The summed E-state index contributed by atoms with van der Waals surface area (Å²) < 4.78 is 13.5. The second-order valence-corrected chi connectivity index (χ2v) is 4.88. The molecule has 0 radical (unpaired) electrons. The van der Waals surface area contributed by atoms with Crippen LogP contribution in [-0.4, -0.2) is 11.0 Å². The number of benzene rings is 1. The summed E-state index contributed by atoms with van der Waals surface area (Å²) in [5.41, 5.74) is 3.16. The molecule has 1 aromatic carbocycles. The van der Waals surface area contributed by atoms with Gasteiger partial charge in [0.15, 0.2) is 0 Å². The minimum Gasteiger partial charge on any atom is -0.310 e. The van der Waals surface area contributed by atoms with E-state index in [-0.39, 0.29) is 11.9 Å². The van der Waals surface area contributed by atoms with E-state index in [1.807, 2.05) is 24.4 Å². The lowest BCUT2D eigenvalue weighted by atomic mass is 10.1. The van der Waals surface area contributed by atoms with E-state index in [0.29, 0.717) is 6.42 Å². The van der Waals surface area contributed by atoms with Crippen LogP contribution in [0.15, 0.2) is 42.7 Å². The third-order valence-corrected chi connectivity index (χ3v) is 3.27. The average Bonchev–Trinajstić information content (AvgIpc) is 2.40. The van der Waals surface area contributed by atoms with Crippen LogP contribution in [0.25, 0.3) is 0 Å². The molecule has 0 aliphatic heterocycles. The first-order valence-electron chi connectivity index (χ1n) is 6.53. The number of halogens is 1. The molecule has 0 spiro atoms. The van der Waals surface area contributed by atoms with Crippen LogP contribution < -0.4 is 5.32 Å². The minimum absolute atomic E-state index is 0.131. The molecule has 0 saturated carbocycles. The fourth-order valence-corrected chi connectivity index (χ4v) is 2.03. The molecule has 0 amide bonds. The molecule has 0 fully saturated rings. The molecule has 1 aromatic heterocycles. The highest BCUT2D eigenvalue weighted by Gasteiger charge is 2.07. The van der Waals surface area contributed by atoms with Crippen molar-refractivity contribution in [3.63, 3.8) is 0 Å². The van der Waals surface area contributed by atoms with Gasteiger partial charge in [-0.05, 0) is 49.1 Å². The van der Waals surface area contributed by atoms with Crippen LogP contribution in [0.3, 0.4) is 0 Å². The molecule has 0 aliphatic carbocycles. The van der Waals surface area contributed by atoms with Gasteiger partial charge in [-0.25, -0.2) is 4.39 Å². The zero-order valence-electron chi connectivity index (χ0n) is 11.4. The first kappa shape index (κ1) is 13.7. The monoisotopic (exact) mass is 258 g/mol. The van der Waals surface area contributed by atoms with Crippen LogP contribution in [0, 0.1) is 12.7 Å². The van der Waals surface area contributed by atoms with Crippen molar-refractivity contribution in [2.75, 3.05) is 0 Å². The van der Waals surface area contributed by atoms with Gasteiger partial charge in [0.1, 0.15) is 5.82 Å². The highest BCUT2D eigenvalue weighted by Crippen LogP contribution is 2.10. The third-order valence-electron chi connectivity index (χ3n) is 3.27. The molecule has 1 N–H and O–H groups in total. The average molecular weight is 258 g/mol. The summed E-state index contributed by atoms with van der Waals surface area (Å²) in [6.45, 7) is 4.90. The molecule has 19 heavy (non-hydrogen) atoms. The Kier molecular flexibility index (Phi) is 4.63. The third kappa shape index (κ3) is 3.86. The molecule has 1 atom stereocenters. The van der Waals surface area contributed by atoms with Gasteiger partial charge in [-0.15, -0.1) is 0 Å². The maximum Gasteiger partial charge on any atom is 0.126 e. The summed E-state index contributed by atoms with van der Waals surface area (Å²) in [6, 6.07) is 9.15. The summed E-state index contributed by atoms with van der Waals surface area (Å²) >= 11 is 0. The van der Waals surface area contributed by atoms with Crippen LogP contribution in [0.5, 0.6) is 0 Å². The Morgan fingerprint density at radius 3 is 2.74 bits per heavy atom. The van der Waals surface area contributed by atoms with Gasteiger partial charge >= 0.3 is 0 Å². The Balaban J connectivity index is 1.90. The van der Waals surface area contributed by atoms with Gasteiger partial charge in [0.05, 0.1) is 0 Å².